The molecule has 2 aromatic rings. The normalized spacial score (nSPS) is 17.6. The van der Waals surface area contributed by atoms with Crippen LogP contribution in [0.5, 0.6) is 5.75 Å². The van der Waals surface area contributed by atoms with E-state index in [0.29, 0.717) is 18.0 Å². The summed E-state index contributed by atoms with van der Waals surface area (Å²) in [4.78, 5) is 0.296. The number of nitrogens with one attached hydrogen (secondary N) is 1. The monoisotopic (exact) mass is 316 g/mol. The predicted octanol–water partition coefficient (Wildman–Crippen LogP) is 2.64. The fourth-order valence-corrected chi connectivity index (χ4v) is 3.64. The first-order valence-electron chi connectivity index (χ1n) is 7.26. The number of benzene rings is 2. The summed E-state index contributed by atoms with van der Waals surface area (Å²) in [7, 11) is -3.48. The van der Waals surface area contributed by atoms with Crippen molar-refractivity contribution in [3.05, 3.63) is 59.7 Å². The Morgan fingerprint density at radius 1 is 1.27 bits per heavy atom. The van der Waals surface area contributed by atoms with Crippen molar-refractivity contribution in [1.29, 1.82) is 0 Å². The summed E-state index contributed by atoms with van der Waals surface area (Å²) in [6.45, 7) is 2.88. The maximum atomic E-state index is 12.3. The van der Waals surface area contributed by atoms with Crippen LogP contribution in [0.4, 0.5) is 0 Å². The number of hydrogen-bond acceptors (Lipinski definition) is 3. The van der Waals surface area contributed by atoms with Gasteiger partial charge in [0, 0.05) is 18.5 Å². The van der Waals surface area contributed by atoms with Gasteiger partial charge in [0.25, 0.3) is 0 Å². The standard InChI is InChI=1S/C17H18NO3S/c1-13-6-8-15(9-7-13)22(19,20)18-12-14-10-11-21-17-5-3-2-4-16(14)17/h2-4,6-9,14,18H,10-12H2,1H3. The molecule has 0 saturated heterocycles. The van der Waals surface area contributed by atoms with Crippen LogP contribution in [0.25, 0.3) is 0 Å². The lowest BCUT2D eigenvalue weighted by molar-refractivity contribution is 0.266. The molecule has 3 rings (SSSR count). The largest absolute Gasteiger partial charge is 0.493 e. The molecule has 115 valence electrons. The highest BCUT2D eigenvalue weighted by atomic mass is 32.2. The highest BCUT2D eigenvalue weighted by Gasteiger charge is 2.23. The van der Waals surface area contributed by atoms with Gasteiger partial charge in [-0.3, -0.25) is 0 Å². The molecule has 1 atom stereocenters. The van der Waals surface area contributed by atoms with Crippen molar-refractivity contribution < 1.29 is 13.2 Å². The van der Waals surface area contributed by atoms with E-state index in [1.54, 1.807) is 30.3 Å². The minimum absolute atomic E-state index is 0.112. The van der Waals surface area contributed by atoms with Gasteiger partial charge in [-0.2, -0.15) is 0 Å². The van der Waals surface area contributed by atoms with E-state index < -0.39 is 10.0 Å². The summed E-state index contributed by atoms with van der Waals surface area (Å²) >= 11 is 0. The van der Waals surface area contributed by atoms with Crippen LogP contribution >= 0.6 is 0 Å². The molecule has 22 heavy (non-hydrogen) atoms. The Morgan fingerprint density at radius 3 is 2.82 bits per heavy atom. The number of aryl methyl sites for hydroxylation is 1. The van der Waals surface area contributed by atoms with E-state index in [2.05, 4.69) is 10.8 Å². The van der Waals surface area contributed by atoms with Crippen LogP contribution in [-0.4, -0.2) is 21.6 Å². The average molecular weight is 316 g/mol. The second-order valence-corrected chi connectivity index (χ2v) is 7.22. The van der Waals surface area contributed by atoms with Crippen LogP contribution in [0.2, 0.25) is 0 Å². The molecule has 0 spiro atoms. The number of rotatable bonds is 4. The Morgan fingerprint density at radius 2 is 2.05 bits per heavy atom. The molecule has 1 radical (unpaired) electrons. The van der Waals surface area contributed by atoms with Crippen LogP contribution in [0.3, 0.4) is 0 Å². The molecule has 0 aromatic heterocycles. The van der Waals surface area contributed by atoms with Crippen LogP contribution in [0, 0.1) is 13.0 Å². The zero-order valence-electron chi connectivity index (χ0n) is 12.4. The van der Waals surface area contributed by atoms with Crippen molar-refractivity contribution in [3.63, 3.8) is 0 Å². The van der Waals surface area contributed by atoms with Gasteiger partial charge in [0.1, 0.15) is 5.75 Å². The highest BCUT2D eigenvalue weighted by Crippen LogP contribution is 2.32. The minimum Gasteiger partial charge on any atom is -0.493 e. The molecule has 1 unspecified atom stereocenters. The van der Waals surface area contributed by atoms with Gasteiger partial charge in [0.15, 0.2) is 0 Å². The number of fused-ring (bicyclic) bond motifs is 1. The fourth-order valence-electron chi connectivity index (χ4n) is 2.56. The molecule has 0 fully saturated rings. The van der Waals surface area contributed by atoms with Crippen molar-refractivity contribution in [2.75, 3.05) is 13.2 Å². The molecule has 1 N–H and O–H groups in total. The van der Waals surface area contributed by atoms with Gasteiger partial charge < -0.3 is 4.74 Å². The third-order valence-corrected chi connectivity index (χ3v) is 5.29. The van der Waals surface area contributed by atoms with Crippen molar-refractivity contribution in [1.82, 2.24) is 4.72 Å². The predicted molar refractivity (Wildman–Crippen MR) is 84.5 cm³/mol. The molecule has 0 bridgehead atoms. The maximum absolute atomic E-state index is 12.3. The van der Waals surface area contributed by atoms with Crippen LogP contribution in [0.1, 0.15) is 23.5 Å². The molecule has 2 aromatic carbocycles. The van der Waals surface area contributed by atoms with Crippen LogP contribution in [0.15, 0.2) is 47.4 Å². The van der Waals surface area contributed by atoms with Crippen molar-refractivity contribution in [3.8, 4) is 5.75 Å². The van der Waals surface area contributed by atoms with Gasteiger partial charge in [0.05, 0.1) is 11.5 Å². The van der Waals surface area contributed by atoms with Gasteiger partial charge in [-0.15, -0.1) is 0 Å². The topological polar surface area (TPSA) is 55.4 Å². The third-order valence-electron chi connectivity index (χ3n) is 3.85. The van der Waals surface area contributed by atoms with Gasteiger partial charge in [0.2, 0.25) is 10.0 Å². The second-order valence-electron chi connectivity index (χ2n) is 5.45. The third kappa shape index (κ3) is 3.15. The number of para-hydroxylation sites is 1. The molecule has 1 aliphatic rings. The molecule has 1 heterocycles. The zero-order valence-corrected chi connectivity index (χ0v) is 13.2. The van der Waals surface area contributed by atoms with E-state index in [9.17, 15) is 8.42 Å². The van der Waals surface area contributed by atoms with E-state index >= 15 is 0 Å². The Kier molecular flexibility index (Phi) is 4.18. The number of hydrogen-bond donors (Lipinski definition) is 1. The summed E-state index contributed by atoms with van der Waals surface area (Å²) < 4.78 is 33.0. The van der Waals surface area contributed by atoms with Gasteiger partial charge in [-0.05, 0) is 31.0 Å². The molecular weight excluding hydrogens is 298 g/mol. The van der Waals surface area contributed by atoms with Crippen LogP contribution < -0.4 is 9.46 Å². The molecule has 5 heteroatoms. The first kappa shape index (κ1) is 15.1. The van der Waals surface area contributed by atoms with Crippen molar-refractivity contribution in [2.24, 2.45) is 0 Å². The average Bonchev–Trinajstić information content (AvgIpc) is 2.53. The lowest BCUT2D eigenvalue weighted by Gasteiger charge is -2.25. The number of sulfonamides is 1. The second kappa shape index (κ2) is 6.10. The highest BCUT2D eigenvalue weighted by molar-refractivity contribution is 7.89. The Labute approximate surface area is 131 Å². The summed E-state index contributed by atoms with van der Waals surface area (Å²) in [5.74, 6) is 0.842. The van der Waals surface area contributed by atoms with E-state index in [0.717, 1.165) is 23.3 Å². The number of ether oxygens (including phenoxy) is 1. The summed E-state index contributed by atoms with van der Waals surface area (Å²) in [5, 5.41) is 0. The fraction of sp³-hybridized carbons (Fsp3) is 0.294. The SMILES string of the molecule is Cc1ccc(S(=O)(=O)NCC2CCOc3[c]cccc32)cc1. The maximum Gasteiger partial charge on any atom is 0.240 e. The molecule has 1 aliphatic heterocycles. The molecule has 0 saturated carbocycles. The summed E-state index contributed by atoms with van der Waals surface area (Å²) in [6, 6.07) is 15.6. The van der Waals surface area contributed by atoms with Crippen LogP contribution in [-0.2, 0) is 10.0 Å². The van der Waals surface area contributed by atoms with E-state index in [4.69, 9.17) is 4.74 Å². The first-order valence-corrected chi connectivity index (χ1v) is 8.74. The summed E-state index contributed by atoms with van der Waals surface area (Å²) in [6.07, 6.45) is 0.793. The van der Waals surface area contributed by atoms with E-state index in [1.807, 2.05) is 19.1 Å². The van der Waals surface area contributed by atoms with Gasteiger partial charge >= 0.3 is 0 Å². The lowest BCUT2D eigenvalue weighted by atomic mass is 9.93. The molecule has 0 aliphatic carbocycles. The lowest BCUT2D eigenvalue weighted by Crippen LogP contribution is -2.30. The zero-order chi connectivity index (χ0) is 15.6. The van der Waals surface area contributed by atoms with Gasteiger partial charge in [-0.1, -0.05) is 35.9 Å². The van der Waals surface area contributed by atoms with Crippen molar-refractivity contribution >= 4 is 10.0 Å². The van der Waals surface area contributed by atoms with Crippen molar-refractivity contribution in [2.45, 2.75) is 24.2 Å². The summed E-state index contributed by atoms with van der Waals surface area (Å²) in [5.41, 5.74) is 2.05. The van der Waals surface area contributed by atoms with E-state index in [-0.39, 0.29) is 5.92 Å². The Bertz CT molecular complexity index is 754. The van der Waals surface area contributed by atoms with E-state index in [1.165, 1.54) is 0 Å². The Balaban J connectivity index is 1.74. The smallest absolute Gasteiger partial charge is 0.240 e. The quantitative estimate of drug-likeness (QED) is 0.943. The minimum atomic E-state index is -3.48. The van der Waals surface area contributed by atoms with Gasteiger partial charge in [-0.25, -0.2) is 13.1 Å². The molecular formula is C17H18NO3S. The molecule has 0 amide bonds. The molecule has 4 nitrogen and oxygen atoms in total. The first-order chi connectivity index (χ1) is 10.6. The Hall–Kier alpha value is -1.85.